The van der Waals surface area contributed by atoms with Crippen molar-refractivity contribution in [2.45, 2.75) is 25.2 Å². The first-order valence-electron chi connectivity index (χ1n) is 9.45. The predicted octanol–water partition coefficient (Wildman–Crippen LogP) is 3.38. The standard InChI is InChI=1S/C20H28F2N2O2S/c1-20(21,22)18-5-3-15(4-6-18)16-11-17(19(25)26-2)13-24(12-16)14-23-7-9-27-10-8-23/h3-6,16-17H,7-14H2,1-2H3. The van der Waals surface area contributed by atoms with Gasteiger partial charge in [0.25, 0.3) is 5.92 Å². The quantitative estimate of drug-likeness (QED) is 0.710. The molecule has 2 fully saturated rings. The average Bonchev–Trinajstić information content (AvgIpc) is 2.67. The average molecular weight is 399 g/mol. The maximum absolute atomic E-state index is 13.5. The Morgan fingerprint density at radius 1 is 1.19 bits per heavy atom. The van der Waals surface area contributed by atoms with E-state index in [1.807, 2.05) is 11.8 Å². The first kappa shape index (κ1) is 20.6. The summed E-state index contributed by atoms with van der Waals surface area (Å²) >= 11 is 1.97. The molecule has 2 aliphatic heterocycles. The number of benzene rings is 1. The van der Waals surface area contributed by atoms with Crippen LogP contribution in [0.1, 0.15) is 30.4 Å². The number of hydrogen-bond acceptors (Lipinski definition) is 5. The van der Waals surface area contributed by atoms with Gasteiger partial charge in [0, 0.05) is 50.2 Å². The number of thioether (sulfide) groups is 1. The van der Waals surface area contributed by atoms with Crippen molar-refractivity contribution in [3.8, 4) is 0 Å². The Kier molecular flexibility index (Phi) is 6.76. The molecule has 0 bridgehead atoms. The van der Waals surface area contributed by atoms with Crippen molar-refractivity contribution in [3.63, 3.8) is 0 Å². The van der Waals surface area contributed by atoms with Crippen molar-refractivity contribution < 1.29 is 18.3 Å². The van der Waals surface area contributed by atoms with E-state index in [0.29, 0.717) is 13.0 Å². The molecule has 3 rings (SSSR count). The Bertz CT molecular complexity index is 630. The highest BCUT2D eigenvalue weighted by Gasteiger charge is 2.34. The molecule has 0 aromatic heterocycles. The van der Waals surface area contributed by atoms with E-state index in [1.165, 1.54) is 19.2 Å². The molecule has 2 unspecified atom stereocenters. The smallest absolute Gasteiger partial charge is 0.309 e. The second kappa shape index (κ2) is 8.88. The van der Waals surface area contributed by atoms with Gasteiger partial charge in [0.1, 0.15) is 0 Å². The van der Waals surface area contributed by atoms with E-state index < -0.39 is 5.92 Å². The third kappa shape index (κ3) is 5.42. The van der Waals surface area contributed by atoms with Gasteiger partial charge < -0.3 is 4.74 Å². The first-order chi connectivity index (χ1) is 12.9. The molecule has 7 heteroatoms. The van der Waals surface area contributed by atoms with Crippen LogP contribution >= 0.6 is 11.8 Å². The first-order valence-corrected chi connectivity index (χ1v) is 10.6. The minimum Gasteiger partial charge on any atom is -0.469 e. The lowest BCUT2D eigenvalue weighted by Gasteiger charge is -2.40. The van der Waals surface area contributed by atoms with Crippen LogP contribution in [-0.2, 0) is 15.5 Å². The molecule has 0 radical (unpaired) electrons. The fourth-order valence-corrected chi connectivity index (χ4v) is 4.94. The van der Waals surface area contributed by atoms with Gasteiger partial charge in [-0.2, -0.15) is 11.8 Å². The molecule has 2 aliphatic rings. The van der Waals surface area contributed by atoms with Gasteiger partial charge in [0.15, 0.2) is 0 Å². The predicted molar refractivity (Wildman–Crippen MR) is 104 cm³/mol. The van der Waals surface area contributed by atoms with Crippen molar-refractivity contribution >= 4 is 17.7 Å². The molecule has 0 aliphatic carbocycles. The second-order valence-electron chi connectivity index (χ2n) is 7.57. The summed E-state index contributed by atoms with van der Waals surface area (Å²) in [6.07, 6.45) is 0.695. The number of nitrogens with zero attached hydrogens (tertiary/aromatic N) is 2. The molecule has 1 aromatic carbocycles. The molecule has 27 heavy (non-hydrogen) atoms. The van der Waals surface area contributed by atoms with Gasteiger partial charge in [-0.15, -0.1) is 0 Å². The lowest BCUT2D eigenvalue weighted by molar-refractivity contribution is -0.148. The number of likely N-dealkylation sites (tertiary alicyclic amines) is 1. The molecule has 0 saturated carbocycles. The summed E-state index contributed by atoms with van der Waals surface area (Å²) in [7, 11) is 1.43. The third-order valence-electron chi connectivity index (χ3n) is 5.45. The lowest BCUT2D eigenvalue weighted by atomic mass is 9.84. The van der Waals surface area contributed by atoms with Crippen LogP contribution in [0, 0.1) is 5.92 Å². The van der Waals surface area contributed by atoms with E-state index >= 15 is 0 Å². The number of esters is 1. The van der Waals surface area contributed by atoms with Gasteiger partial charge in [0.2, 0.25) is 0 Å². The number of carbonyl (C=O) groups is 1. The Balaban J connectivity index is 1.73. The number of ether oxygens (including phenoxy) is 1. The largest absolute Gasteiger partial charge is 0.469 e. The molecular weight excluding hydrogens is 370 g/mol. The topological polar surface area (TPSA) is 32.8 Å². The molecule has 1 aromatic rings. The van der Waals surface area contributed by atoms with E-state index in [4.69, 9.17) is 4.74 Å². The van der Waals surface area contributed by atoms with Gasteiger partial charge in [-0.1, -0.05) is 24.3 Å². The van der Waals surface area contributed by atoms with Crippen LogP contribution < -0.4 is 0 Å². The summed E-state index contributed by atoms with van der Waals surface area (Å²) in [5, 5.41) is 0. The lowest BCUT2D eigenvalue weighted by Crippen LogP contribution is -2.49. The summed E-state index contributed by atoms with van der Waals surface area (Å²) in [4.78, 5) is 16.9. The number of piperidine rings is 1. The van der Waals surface area contributed by atoms with Crippen LogP contribution in [0.5, 0.6) is 0 Å². The fourth-order valence-electron chi connectivity index (χ4n) is 3.96. The molecule has 0 N–H and O–H groups in total. The van der Waals surface area contributed by atoms with Crippen molar-refractivity contribution in [1.29, 1.82) is 0 Å². The van der Waals surface area contributed by atoms with Crippen LogP contribution in [0.2, 0.25) is 0 Å². The molecule has 2 atom stereocenters. The number of methoxy groups -OCH3 is 1. The highest BCUT2D eigenvalue weighted by molar-refractivity contribution is 7.99. The molecule has 2 saturated heterocycles. The second-order valence-corrected chi connectivity index (χ2v) is 8.80. The minimum atomic E-state index is -2.84. The van der Waals surface area contributed by atoms with Gasteiger partial charge in [-0.3, -0.25) is 14.6 Å². The van der Waals surface area contributed by atoms with E-state index in [0.717, 1.165) is 50.3 Å². The van der Waals surface area contributed by atoms with Gasteiger partial charge in [0.05, 0.1) is 19.7 Å². The summed E-state index contributed by atoms with van der Waals surface area (Å²) in [5.74, 6) is -0.774. The van der Waals surface area contributed by atoms with Crippen LogP contribution in [0.15, 0.2) is 24.3 Å². The molecular formula is C20H28F2N2O2S. The Morgan fingerprint density at radius 3 is 2.44 bits per heavy atom. The van der Waals surface area contributed by atoms with Crippen molar-refractivity contribution in [1.82, 2.24) is 9.80 Å². The van der Waals surface area contributed by atoms with Crippen molar-refractivity contribution in [2.75, 3.05) is 51.5 Å². The fraction of sp³-hybridized carbons (Fsp3) is 0.650. The maximum Gasteiger partial charge on any atom is 0.309 e. The number of alkyl halides is 2. The van der Waals surface area contributed by atoms with E-state index in [-0.39, 0.29) is 23.4 Å². The summed E-state index contributed by atoms with van der Waals surface area (Å²) in [5.41, 5.74) is 1.03. The third-order valence-corrected chi connectivity index (χ3v) is 6.40. The van der Waals surface area contributed by atoms with E-state index in [9.17, 15) is 13.6 Å². The van der Waals surface area contributed by atoms with Crippen LogP contribution in [0.4, 0.5) is 8.78 Å². The maximum atomic E-state index is 13.5. The van der Waals surface area contributed by atoms with Gasteiger partial charge >= 0.3 is 5.97 Å². The van der Waals surface area contributed by atoms with E-state index in [2.05, 4.69) is 9.80 Å². The number of halogens is 2. The monoisotopic (exact) mass is 398 g/mol. The normalized spacial score (nSPS) is 25.3. The Hall–Kier alpha value is -1.18. The molecule has 150 valence electrons. The van der Waals surface area contributed by atoms with Crippen LogP contribution in [0.25, 0.3) is 0 Å². The summed E-state index contributed by atoms with van der Waals surface area (Å²) in [6, 6.07) is 6.58. The molecule has 0 spiro atoms. The van der Waals surface area contributed by atoms with Crippen LogP contribution in [0.3, 0.4) is 0 Å². The highest BCUT2D eigenvalue weighted by atomic mass is 32.2. The zero-order chi connectivity index (χ0) is 19.4. The molecule has 2 heterocycles. The number of rotatable bonds is 5. The summed E-state index contributed by atoms with van der Waals surface area (Å²) < 4.78 is 32.0. The zero-order valence-corrected chi connectivity index (χ0v) is 16.8. The number of carbonyl (C=O) groups excluding carboxylic acids is 1. The Morgan fingerprint density at radius 2 is 1.85 bits per heavy atom. The SMILES string of the molecule is COC(=O)C1CC(c2ccc(C(C)(F)F)cc2)CN(CN2CCSCC2)C1. The minimum absolute atomic E-state index is 0.0225. The van der Waals surface area contributed by atoms with Crippen LogP contribution in [-0.4, -0.2) is 67.2 Å². The molecule has 4 nitrogen and oxygen atoms in total. The molecule has 0 amide bonds. The van der Waals surface area contributed by atoms with Gasteiger partial charge in [-0.05, 0) is 17.9 Å². The van der Waals surface area contributed by atoms with Gasteiger partial charge in [-0.25, -0.2) is 8.78 Å². The summed E-state index contributed by atoms with van der Waals surface area (Å²) in [6.45, 7) is 5.41. The highest BCUT2D eigenvalue weighted by Crippen LogP contribution is 2.33. The van der Waals surface area contributed by atoms with Crippen molar-refractivity contribution in [3.05, 3.63) is 35.4 Å². The van der Waals surface area contributed by atoms with Crippen molar-refractivity contribution in [2.24, 2.45) is 5.92 Å². The zero-order valence-electron chi connectivity index (χ0n) is 16.0. The number of hydrogen-bond donors (Lipinski definition) is 0. The van der Waals surface area contributed by atoms with E-state index in [1.54, 1.807) is 12.1 Å². The Labute approximate surface area is 164 Å².